The molecule has 116 valence electrons. The fourth-order valence-electron chi connectivity index (χ4n) is 1.92. The van der Waals surface area contributed by atoms with Crippen molar-refractivity contribution in [3.8, 4) is 0 Å². The summed E-state index contributed by atoms with van der Waals surface area (Å²) in [7, 11) is 1.29. The van der Waals surface area contributed by atoms with E-state index in [2.05, 4.69) is 10.1 Å². The van der Waals surface area contributed by atoms with Gasteiger partial charge in [-0.2, -0.15) is 0 Å². The largest absolute Gasteiger partial charge is 0.469 e. The summed E-state index contributed by atoms with van der Waals surface area (Å²) in [4.78, 5) is 23.1. The zero-order valence-corrected chi connectivity index (χ0v) is 12.9. The minimum absolute atomic E-state index is 0.0444. The quantitative estimate of drug-likeness (QED) is 0.820. The van der Waals surface area contributed by atoms with E-state index in [0.717, 1.165) is 5.56 Å². The molecule has 0 fully saturated rings. The van der Waals surface area contributed by atoms with Crippen LogP contribution in [-0.4, -0.2) is 25.5 Å². The predicted octanol–water partition coefficient (Wildman–Crippen LogP) is 2.42. The first kappa shape index (κ1) is 17.1. The Hall–Kier alpha value is -1.91. The third-order valence-electron chi connectivity index (χ3n) is 3.46. The van der Waals surface area contributed by atoms with Gasteiger partial charge in [-0.1, -0.05) is 32.9 Å². The Labute approximate surface area is 124 Å². The minimum Gasteiger partial charge on any atom is -0.469 e. The van der Waals surface area contributed by atoms with Gasteiger partial charge in [-0.3, -0.25) is 9.59 Å². The van der Waals surface area contributed by atoms with E-state index in [0.29, 0.717) is 6.54 Å². The highest BCUT2D eigenvalue weighted by atomic mass is 19.1. The molecule has 0 aliphatic heterocycles. The number of methoxy groups -OCH3 is 1. The van der Waals surface area contributed by atoms with Gasteiger partial charge in [0.05, 0.1) is 13.5 Å². The Morgan fingerprint density at radius 3 is 2.62 bits per heavy atom. The SMILES string of the molecule is COC(=O)C[C@@H](C)C(=O)NCC(C)(C)c1cccc(F)c1. The molecule has 0 aliphatic carbocycles. The molecule has 1 rings (SSSR count). The molecule has 0 spiro atoms. The molecule has 0 bridgehead atoms. The van der Waals surface area contributed by atoms with Crippen LogP contribution >= 0.6 is 0 Å². The van der Waals surface area contributed by atoms with Crippen molar-refractivity contribution >= 4 is 11.9 Å². The van der Waals surface area contributed by atoms with Gasteiger partial charge in [0.15, 0.2) is 0 Å². The van der Waals surface area contributed by atoms with Gasteiger partial charge in [0.25, 0.3) is 0 Å². The van der Waals surface area contributed by atoms with E-state index >= 15 is 0 Å². The number of hydrogen-bond donors (Lipinski definition) is 1. The monoisotopic (exact) mass is 295 g/mol. The number of esters is 1. The van der Waals surface area contributed by atoms with Crippen LogP contribution in [0.3, 0.4) is 0 Å². The molecule has 1 atom stereocenters. The van der Waals surface area contributed by atoms with E-state index < -0.39 is 17.3 Å². The van der Waals surface area contributed by atoms with Crippen molar-refractivity contribution in [3.05, 3.63) is 35.6 Å². The molecule has 1 N–H and O–H groups in total. The number of nitrogens with one attached hydrogen (secondary N) is 1. The minimum atomic E-state index is -0.458. The maximum absolute atomic E-state index is 13.3. The van der Waals surface area contributed by atoms with Crippen molar-refractivity contribution < 1.29 is 18.7 Å². The highest BCUT2D eigenvalue weighted by molar-refractivity contribution is 5.83. The molecule has 21 heavy (non-hydrogen) atoms. The van der Waals surface area contributed by atoms with Crippen LogP contribution in [0.4, 0.5) is 4.39 Å². The maximum Gasteiger partial charge on any atom is 0.306 e. The van der Waals surface area contributed by atoms with Crippen LogP contribution in [0.5, 0.6) is 0 Å². The zero-order chi connectivity index (χ0) is 16.0. The molecule has 0 saturated heterocycles. The molecule has 1 amide bonds. The third-order valence-corrected chi connectivity index (χ3v) is 3.46. The molecule has 0 saturated carbocycles. The standard InChI is InChI=1S/C16H22FNO3/c1-11(8-14(19)21-4)15(20)18-10-16(2,3)12-6-5-7-13(17)9-12/h5-7,9,11H,8,10H2,1-4H3,(H,18,20)/t11-/m1/s1. The number of carbonyl (C=O) groups is 2. The lowest BCUT2D eigenvalue weighted by molar-refractivity contribution is -0.143. The molecule has 0 unspecified atom stereocenters. The maximum atomic E-state index is 13.3. The van der Waals surface area contributed by atoms with E-state index in [1.807, 2.05) is 19.9 Å². The summed E-state index contributed by atoms with van der Waals surface area (Å²) in [5.41, 5.74) is 0.409. The topological polar surface area (TPSA) is 55.4 Å². The van der Waals surface area contributed by atoms with Gasteiger partial charge < -0.3 is 10.1 Å². The summed E-state index contributed by atoms with van der Waals surface area (Å²) in [6.45, 7) is 5.88. The zero-order valence-electron chi connectivity index (χ0n) is 12.9. The first-order chi connectivity index (χ1) is 9.76. The lowest BCUT2D eigenvalue weighted by Crippen LogP contribution is -2.39. The van der Waals surface area contributed by atoms with Crippen molar-refractivity contribution in [1.82, 2.24) is 5.32 Å². The molecule has 1 aromatic carbocycles. The summed E-state index contributed by atoms with van der Waals surface area (Å²) < 4.78 is 17.8. The average Bonchev–Trinajstić information content (AvgIpc) is 2.44. The lowest BCUT2D eigenvalue weighted by atomic mass is 9.84. The van der Waals surface area contributed by atoms with Crippen LogP contribution < -0.4 is 5.32 Å². The predicted molar refractivity (Wildman–Crippen MR) is 78.2 cm³/mol. The van der Waals surface area contributed by atoms with Crippen molar-refractivity contribution in [1.29, 1.82) is 0 Å². The van der Waals surface area contributed by atoms with E-state index in [-0.39, 0.29) is 18.1 Å². The average molecular weight is 295 g/mol. The highest BCUT2D eigenvalue weighted by Crippen LogP contribution is 2.23. The van der Waals surface area contributed by atoms with Crippen molar-refractivity contribution in [3.63, 3.8) is 0 Å². The Morgan fingerprint density at radius 2 is 2.05 bits per heavy atom. The number of halogens is 1. The second kappa shape index (κ2) is 7.20. The van der Waals surface area contributed by atoms with Gasteiger partial charge in [0.2, 0.25) is 5.91 Å². The van der Waals surface area contributed by atoms with Crippen LogP contribution in [0.1, 0.15) is 32.8 Å². The van der Waals surface area contributed by atoms with E-state index in [1.165, 1.54) is 19.2 Å². The van der Waals surface area contributed by atoms with Crippen molar-refractivity contribution in [2.45, 2.75) is 32.6 Å². The first-order valence-corrected chi connectivity index (χ1v) is 6.87. The fourth-order valence-corrected chi connectivity index (χ4v) is 1.92. The van der Waals surface area contributed by atoms with Gasteiger partial charge in [0, 0.05) is 17.9 Å². The number of amides is 1. The second-order valence-corrected chi connectivity index (χ2v) is 5.79. The molecule has 0 heterocycles. The highest BCUT2D eigenvalue weighted by Gasteiger charge is 2.24. The third kappa shape index (κ3) is 5.17. The molecule has 0 radical (unpaired) electrons. The van der Waals surface area contributed by atoms with Crippen LogP contribution in [0.2, 0.25) is 0 Å². The van der Waals surface area contributed by atoms with Crippen LogP contribution in [-0.2, 0) is 19.7 Å². The van der Waals surface area contributed by atoms with Gasteiger partial charge in [-0.05, 0) is 17.7 Å². The molecule has 5 heteroatoms. The Morgan fingerprint density at radius 1 is 1.38 bits per heavy atom. The summed E-state index contributed by atoms with van der Waals surface area (Å²) in [5, 5.41) is 2.80. The number of hydrogen-bond acceptors (Lipinski definition) is 3. The second-order valence-electron chi connectivity index (χ2n) is 5.79. The normalized spacial score (nSPS) is 12.6. The van der Waals surface area contributed by atoms with Gasteiger partial charge in [0.1, 0.15) is 5.82 Å². The van der Waals surface area contributed by atoms with Crippen LogP contribution in [0, 0.1) is 11.7 Å². The van der Waals surface area contributed by atoms with E-state index in [9.17, 15) is 14.0 Å². The molecule has 4 nitrogen and oxygen atoms in total. The van der Waals surface area contributed by atoms with Gasteiger partial charge in [-0.15, -0.1) is 0 Å². The van der Waals surface area contributed by atoms with Crippen LogP contribution in [0.15, 0.2) is 24.3 Å². The summed E-state index contributed by atoms with van der Waals surface area (Å²) in [5.74, 6) is -1.39. The van der Waals surface area contributed by atoms with Gasteiger partial charge in [-0.25, -0.2) is 4.39 Å². The summed E-state index contributed by atoms with van der Waals surface area (Å²) in [6.07, 6.45) is 0.0444. The number of carbonyl (C=O) groups excluding carboxylic acids is 2. The molecule has 1 aromatic rings. The lowest BCUT2D eigenvalue weighted by Gasteiger charge is -2.26. The fraction of sp³-hybridized carbons (Fsp3) is 0.500. The number of ether oxygens (including phenoxy) is 1. The van der Waals surface area contributed by atoms with Crippen molar-refractivity contribution in [2.24, 2.45) is 5.92 Å². The van der Waals surface area contributed by atoms with E-state index in [4.69, 9.17) is 0 Å². The molecular weight excluding hydrogens is 273 g/mol. The van der Waals surface area contributed by atoms with Gasteiger partial charge >= 0.3 is 5.97 Å². The summed E-state index contributed by atoms with van der Waals surface area (Å²) in [6, 6.07) is 6.32. The van der Waals surface area contributed by atoms with Crippen LogP contribution in [0.25, 0.3) is 0 Å². The molecule has 0 aliphatic rings. The number of rotatable bonds is 6. The Kier molecular flexibility index (Phi) is 5.88. The Balaban J connectivity index is 2.60. The number of benzene rings is 1. The van der Waals surface area contributed by atoms with Crippen molar-refractivity contribution in [2.75, 3.05) is 13.7 Å². The molecule has 0 aromatic heterocycles. The molecular formula is C16H22FNO3. The summed E-state index contributed by atoms with van der Waals surface area (Å²) >= 11 is 0. The first-order valence-electron chi connectivity index (χ1n) is 6.87. The smallest absolute Gasteiger partial charge is 0.306 e. The van der Waals surface area contributed by atoms with E-state index in [1.54, 1.807) is 13.0 Å². The Bertz CT molecular complexity index is 514.